The summed E-state index contributed by atoms with van der Waals surface area (Å²) in [5.41, 5.74) is 3.28. The van der Waals surface area contributed by atoms with Gasteiger partial charge in [0.25, 0.3) is 0 Å². The predicted octanol–water partition coefficient (Wildman–Crippen LogP) is 2.93. The standard InChI is InChI=1S/C12H23N/c1-9(2)11-7-6-10(3)12(11)8-13(4)5/h10,12H,6-8H2,1-5H3/t10-,12-/m1/s1. The quantitative estimate of drug-likeness (QED) is 0.592. The van der Waals surface area contributed by atoms with Gasteiger partial charge in [-0.1, -0.05) is 18.1 Å². The zero-order valence-corrected chi connectivity index (χ0v) is 9.72. The van der Waals surface area contributed by atoms with Gasteiger partial charge in [0.15, 0.2) is 0 Å². The first-order valence-corrected chi connectivity index (χ1v) is 5.33. The van der Waals surface area contributed by atoms with Gasteiger partial charge in [-0.15, -0.1) is 0 Å². The molecule has 0 spiro atoms. The van der Waals surface area contributed by atoms with Crippen molar-refractivity contribution < 1.29 is 0 Å². The lowest BCUT2D eigenvalue weighted by Crippen LogP contribution is -2.24. The van der Waals surface area contributed by atoms with Crippen LogP contribution in [0.25, 0.3) is 0 Å². The molecule has 0 aromatic rings. The highest BCUT2D eigenvalue weighted by atomic mass is 15.1. The molecule has 0 bridgehead atoms. The normalized spacial score (nSPS) is 28.6. The van der Waals surface area contributed by atoms with Crippen molar-refractivity contribution in [2.45, 2.75) is 33.6 Å². The molecule has 76 valence electrons. The Morgan fingerprint density at radius 2 is 2.00 bits per heavy atom. The van der Waals surface area contributed by atoms with E-state index < -0.39 is 0 Å². The summed E-state index contributed by atoms with van der Waals surface area (Å²) in [5, 5.41) is 0. The van der Waals surface area contributed by atoms with Gasteiger partial charge in [-0.2, -0.15) is 0 Å². The second-order valence-corrected chi connectivity index (χ2v) is 4.91. The van der Waals surface area contributed by atoms with Crippen molar-refractivity contribution in [3.8, 4) is 0 Å². The molecular formula is C12H23N. The highest BCUT2D eigenvalue weighted by molar-refractivity contribution is 5.19. The van der Waals surface area contributed by atoms with E-state index in [1.54, 1.807) is 11.1 Å². The lowest BCUT2D eigenvalue weighted by Gasteiger charge is -2.22. The number of hydrogen-bond donors (Lipinski definition) is 0. The molecule has 0 amide bonds. The number of hydrogen-bond acceptors (Lipinski definition) is 1. The molecule has 0 unspecified atom stereocenters. The Morgan fingerprint density at radius 1 is 1.38 bits per heavy atom. The Morgan fingerprint density at radius 3 is 2.46 bits per heavy atom. The topological polar surface area (TPSA) is 3.24 Å². The van der Waals surface area contributed by atoms with Crippen LogP contribution in [0.4, 0.5) is 0 Å². The summed E-state index contributed by atoms with van der Waals surface area (Å²) in [4.78, 5) is 2.31. The Bertz CT molecular complexity index is 199. The molecule has 1 aliphatic rings. The average Bonchev–Trinajstić information content (AvgIpc) is 2.32. The summed E-state index contributed by atoms with van der Waals surface area (Å²) >= 11 is 0. The fourth-order valence-electron chi connectivity index (χ4n) is 2.42. The Kier molecular flexibility index (Phi) is 3.55. The summed E-state index contributed by atoms with van der Waals surface area (Å²) < 4.78 is 0. The van der Waals surface area contributed by atoms with Gasteiger partial charge in [0, 0.05) is 6.54 Å². The van der Waals surface area contributed by atoms with E-state index in [2.05, 4.69) is 39.8 Å². The first-order chi connectivity index (χ1) is 6.02. The first kappa shape index (κ1) is 10.8. The van der Waals surface area contributed by atoms with Crippen molar-refractivity contribution in [3.05, 3.63) is 11.1 Å². The van der Waals surface area contributed by atoms with Crippen LogP contribution < -0.4 is 0 Å². The van der Waals surface area contributed by atoms with Crippen LogP contribution in [-0.2, 0) is 0 Å². The molecule has 0 aliphatic heterocycles. The molecular weight excluding hydrogens is 158 g/mol. The average molecular weight is 181 g/mol. The maximum atomic E-state index is 2.39. The van der Waals surface area contributed by atoms with Crippen LogP contribution in [0, 0.1) is 11.8 Å². The van der Waals surface area contributed by atoms with E-state index >= 15 is 0 Å². The van der Waals surface area contributed by atoms with Gasteiger partial charge in [0.05, 0.1) is 0 Å². The summed E-state index contributed by atoms with van der Waals surface area (Å²) in [6.45, 7) is 8.14. The van der Waals surface area contributed by atoms with Crippen LogP contribution in [0.15, 0.2) is 11.1 Å². The molecule has 0 saturated heterocycles. The second-order valence-electron chi connectivity index (χ2n) is 4.91. The molecule has 0 radical (unpaired) electrons. The van der Waals surface area contributed by atoms with Gasteiger partial charge in [-0.05, 0) is 52.6 Å². The van der Waals surface area contributed by atoms with Crippen molar-refractivity contribution >= 4 is 0 Å². The molecule has 1 rings (SSSR count). The van der Waals surface area contributed by atoms with Crippen molar-refractivity contribution in [3.63, 3.8) is 0 Å². The Balaban J connectivity index is 2.72. The zero-order chi connectivity index (χ0) is 10.0. The Hall–Kier alpha value is -0.300. The molecule has 13 heavy (non-hydrogen) atoms. The fourth-order valence-corrected chi connectivity index (χ4v) is 2.42. The summed E-state index contributed by atoms with van der Waals surface area (Å²) in [7, 11) is 4.35. The molecule has 1 aliphatic carbocycles. The minimum atomic E-state index is 0.819. The molecule has 0 aromatic carbocycles. The van der Waals surface area contributed by atoms with Crippen molar-refractivity contribution in [1.82, 2.24) is 4.90 Å². The van der Waals surface area contributed by atoms with Gasteiger partial charge in [0.2, 0.25) is 0 Å². The largest absolute Gasteiger partial charge is 0.309 e. The summed E-state index contributed by atoms with van der Waals surface area (Å²) in [6.07, 6.45) is 2.72. The maximum absolute atomic E-state index is 2.39. The van der Waals surface area contributed by atoms with Crippen molar-refractivity contribution in [1.29, 1.82) is 0 Å². The van der Waals surface area contributed by atoms with Gasteiger partial charge in [0.1, 0.15) is 0 Å². The zero-order valence-electron chi connectivity index (χ0n) is 9.72. The van der Waals surface area contributed by atoms with Crippen LogP contribution in [0.2, 0.25) is 0 Å². The molecule has 0 aromatic heterocycles. The van der Waals surface area contributed by atoms with Crippen molar-refractivity contribution in [2.75, 3.05) is 20.6 Å². The first-order valence-electron chi connectivity index (χ1n) is 5.33. The van der Waals surface area contributed by atoms with E-state index in [0.717, 1.165) is 11.8 Å². The van der Waals surface area contributed by atoms with E-state index in [1.165, 1.54) is 19.4 Å². The minimum absolute atomic E-state index is 0.819. The third-order valence-electron chi connectivity index (χ3n) is 3.21. The fraction of sp³-hybridized carbons (Fsp3) is 0.833. The van der Waals surface area contributed by atoms with Crippen LogP contribution in [-0.4, -0.2) is 25.5 Å². The SMILES string of the molecule is CC(C)=C1CC[C@@H](C)[C@H]1CN(C)C. The van der Waals surface area contributed by atoms with Gasteiger partial charge >= 0.3 is 0 Å². The molecule has 0 N–H and O–H groups in total. The van der Waals surface area contributed by atoms with Crippen LogP contribution in [0.3, 0.4) is 0 Å². The van der Waals surface area contributed by atoms with Gasteiger partial charge in [-0.3, -0.25) is 0 Å². The van der Waals surface area contributed by atoms with Gasteiger partial charge < -0.3 is 4.90 Å². The van der Waals surface area contributed by atoms with E-state index in [1.807, 2.05) is 0 Å². The van der Waals surface area contributed by atoms with Gasteiger partial charge in [-0.25, -0.2) is 0 Å². The van der Waals surface area contributed by atoms with Crippen LogP contribution in [0.5, 0.6) is 0 Å². The van der Waals surface area contributed by atoms with E-state index in [4.69, 9.17) is 0 Å². The lowest BCUT2D eigenvalue weighted by molar-refractivity contribution is 0.310. The monoisotopic (exact) mass is 181 g/mol. The minimum Gasteiger partial charge on any atom is -0.309 e. The lowest BCUT2D eigenvalue weighted by atomic mass is 9.92. The highest BCUT2D eigenvalue weighted by Crippen LogP contribution is 2.38. The van der Waals surface area contributed by atoms with E-state index in [-0.39, 0.29) is 0 Å². The number of rotatable bonds is 2. The van der Waals surface area contributed by atoms with E-state index in [0.29, 0.717) is 0 Å². The molecule has 1 fully saturated rings. The second kappa shape index (κ2) is 4.28. The molecule has 1 nitrogen and oxygen atoms in total. The summed E-state index contributed by atoms with van der Waals surface area (Å²) in [5.74, 6) is 1.70. The number of nitrogens with zero attached hydrogens (tertiary/aromatic N) is 1. The van der Waals surface area contributed by atoms with Crippen LogP contribution >= 0.6 is 0 Å². The number of allylic oxidation sites excluding steroid dienone is 1. The third kappa shape index (κ3) is 2.57. The predicted molar refractivity (Wildman–Crippen MR) is 58.8 cm³/mol. The van der Waals surface area contributed by atoms with Crippen LogP contribution in [0.1, 0.15) is 33.6 Å². The molecule has 2 atom stereocenters. The third-order valence-corrected chi connectivity index (χ3v) is 3.21. The maximum Gasteiger partial charge on any atom is 0.00436 e. The highest BCUT2D eigenvalue weighted by Gasteiger charge is 2.28. The summed E-state index contributed by atoms with van der Waals surface area (Å²) in [6, 6.07) is 0. The van der Waals surface area contributed by atoms with Crippen molar-refractivity contribution in [2.24, 2.45) is 11.8 Å². The Labute approximate surface area is 82.8 Å². The molecule has 0 heterocycles. The molecule has 1 heteroatoms. The molecule has 1 saturated carbocycles. The van der Waals surface area contributed by atoms with E-state index in [9.17, 15) is 0 Å². The smallest absolute Gasteiger partial charge is 0.00436 e.